The zero-order valence-corrected chi connectivity index (χ0v) is 17.6. The highest BCUT2D eigenvalue weighted by Gasteiger charge is 2.26. The highest BCUT2D eigenvalue weighted by atomic mass is 35.5. The molecule has 0 saturated carbocycles. The minimum Gasteiger partial charge on any atom is -0.354 e. The Labute approximate surface area is 184 Å². The van der Waals surface area contributed by atoms with Crippen LogP contribution in [0.5, 0.6) is 0 Å². The van der Waals surface area contributed by atoms with Crippen molar-refractivity contribution in [3.8, 4) is 5.69 Å². The molecular formula is C23H22ClFN4O2. The second kappa shape index (κ2) is 9.31. The largest absolute Gasteiger partial charge is 0.354 e. The molecule has 1 aliphatic rings. The number of rotatable bonds is 5. The van der Waals surface area contributed by atoms with Gasteiger partial charge in [0.15, 0.2) is 0 Å². The molecule has 160 valence electrons. The molecule has 1 fully saturated rings. The van der Waals surface area contributed by atoms with Crippen LogP contribution in [0.25, 0.3) is 5.69 Å². The Morgan fingerprint density at radius 2 is 2.00 bits per heavy atom. The molecule has 1 N–H and O–H groups in total. The highest BCUT2D eigenvalue weighted by molar-refractivity contribution is 6.30. The minimum absolute atomic E-state index is 0.0249. The van der Waals surface area contributed by atoms with Crippen molar-refractivity contribution in [2.24, 2.45) is 5.92 Å². The monoisotopic (exact) mass is 440 g/mol. The SMILES string of the molecule is O=C(NCc1cccc(Cl)c1)[C@@H]1CCCN(c2ccc(=O)n(-c3cccc(F)c3)n2)C1. The molecule has 1 saturated heterocycles. The summed E-state index contributed by atoms with van der Waals surface area (Å²) in [5, 5.41) is 8.03. The molecule has 0 aliphatic carbocycles. The van der Waals surface area contributed by atoms with E-state index in [0.29, 0.717) is 29.6 Å². The van der Waals surface area contributed by atoms with Gasteiger partial charge in [-0.05, 0) is 54.8 Å². The lowest BCUT2D eigenvalue weighted by atomic mass is 9.97. The van der Waals surface area contributed by atoms with E-state index in [0.717, 1.165) is 24.9 Å². The lowest BCUT2D eigenvalue weighted by Gasteiger charge is -2.33. The molecule has 2 heterocycles. The molecule has 1 aliphatic heterocycles. The van der Waals surface area contributed by atoms with Gasteiger partial charge in [0.2, 0.25) is 5.91 Å². The predicted molar refractivity (Wildman–Crippen MR) is 118 cm³/mol. The number of nitrogens with one attached hydrogen (secondary N) is 1. The van der Waals surface area contributed by atoms with Gasteiger partial charge >= 0.3 is 0 Å². The highest BCUT2D eigenvalue weighted by Crippen LogP contribution is 2.22. The molecule has 1 atom stereocenters. The van der Waals surface area contributed by atoms with E-state index < -0.39 is 5.82 Å². The number of carbonyl (C=O) groups excluding carboxylic acids is 1. The molecule has 0 unspecified atom stereocenters. The molecule has 6 nitrogen and oxygen atoms in total. The van der Waals surface area contributed by atoms with Crippen molar-refractivity contribution >= 4 is 23.3 Å². The van der Waals surface area contributed by atoms with Gasteiger partial charge in [-0.1, -0.05) is 29.8 Å². The number of piperidine rings is 1. The van der Waals surface area contributed by atoms with E-state index in [1.165, 1.54) is 28.9 Å². The zero-order chi connectivity index (χ0) is 21.8. The van der Waals surface area contributed by atoms with Crippen molar-refractivity contribution in [1.82, 2.24) is 15.1 Å². The topological polar surface area (TPSA) is 67.2 Å². The first-order valence-corrected chi connectivity index (χ1v) is 10.5. The summed E-state index contributed by atoms with van der Waals surface area (Å²) < 4.78 is 14.8. The molecule has 31 heavy (non-hydrogen) atoms. The van der Waals surface area contributed by atoms with Gasteiger partial charge in [0.25, 0.3) is 5.56 Å². The second-order valence-electron chi connectivity index (χ2n) is 7.55. The normalized spacial score (nSPS) is 16.2. The average molecular weight is 441 g/mol. The Morgan fingerprint density at radius 3 is 2.81 bits per heavy atom. The van der Waals surface area contributed by atoms with E-state index in [-0.39, 0.29) is 17.4 Å². The zero-order valence-electron chi connectivity index (χ0n) is 16.8. The minimum atomic E-state index is -0.439. The van der Waals surface area contributed by atoms with Gasteiger partial charge in [0.05, 0.1) is 11.6 Å². The second-order valence-corrected chi connectivity index (χ2v) is 7.99. The number of nitrogens with zero attached hydrogens (tertiary/aromatic N) is 3. The van der Waals surface area contributed by atoms with Crippen LogP contribution in [0.2, 0.25) is 5.02 Å². The third-order valence-electron chi connectivity index (χ3n) is 5.31. The van der Waals surface area contributed by atoms with Crippen LogP contribution in [-0.4, -0.2) is 28.8 Å². The summed E-state index contributed by atoms with van der Waals surface area (Å²) >= 11 is 6.00. The van der Waals surface area contributed by atoms with E-state index in [2.05, 4.69) is 10.4 Å². The quantitative estimate of drug-likeness (QED) is 0.658. The van der Waals surface area contributed by atoms with E-state index in [1.807, 2.05) is 23.1 Å². The number of hydrogen-bond acceptors (Lipinski definition) is 4. The molecule has 1 amide bonds. The van der Waals surface area contributed by atoms with Crippen LogP contribution < -0.4 is 15.8 Å². The van der Waals surface area contributed by atoms with Crippen molar-refractivity contribution in [3.05, 3.63) is 87.4 Å². The van der Waals surface area contributed by atoms with E-state index in [9.17, 15) is 14.0 Å². The van der Waals surface area contributed by atoms with Crippen LogP contribution in [0.1, 0.15) is 18.4 Å². The van der Waals surface area contributed by atoms with Crippen LogP contribution in [0, 0.1) is 11.7 Å². The maximum atomic E-state index is 13.6. The maximum absolute atomic E-state index is 13.6. The van der Waals surface area contributed by atoms with Crippen molar-refractivity contribution in [3.63, 3.8) is 0 Å². The van der Waals surface area contributed by atoms with E-state index in [1.54, 1.807) is 18.2 Å². The smallest absolute Gasteiger partial charge is 0.271 e. The molecular weight excluding hydrogens is 419 g/mol. The summed E-state index contributed by atoms with van der Waals surface area (Å²) in [4.78, 5) is 27.0. The van der Waals surface area contributed by atoms with Crippen LogP contribution in [0.15, 0.2) is 65.5 Å². The third-order valence-corrected chi connectivity index (χ3v) is 5.55. The lowest BCUT2D eigenvalue weighted by molar-refractivity contribution is -0.125. The van der Waals surface area contributed by atoms with Crippen molar-refractivity contribution in [1.29, 1.82) is 0 Å². The fourth-order valence-electron chi connectivity index (χ4n) is 3.74. The number of anilines is 1. The van der Waals surface area contributed by atoms with Gasteiger partial charge in [0, 0.05) is 30.7 Å². The van der Waals surface area contributed by atoms with Gasteiger partial charge in [-0.2, -0.15) is 4.68 Å². The first-order valence-electron chi connectivity index (χ1n) is 10.1. The Balaban J connectivity index is 1.46. The van der Waals surface area contributed by atoms with Crippen LogP contribution in [-0.2, 0) is 11.3 Å². The van der Waals surface area contributed by atoms with Gasteiger partial charge in [-0.25, -0.2) is 4.39 Å². The van der Waals surface area contributed by atoms with E-state index in [4.69, 9.17) is 11.6 Å². The number of benzene rings is 2. The van der Waals surface area contributed by atoms with Crippen molar-refractivity contribution in [2.75, 3.05) is 18.0 Å². The molecule has 8 heteroatoms. The van der Waals surface area contributed by atoms with Gasteiger partial charge in [-0.3, -0.25) is 9.59 Å². The summed E-state index contributed by atoms with van der Waals surface area (Å²) in [7, 11) is 0. The third kappa shape index (κ3) is 5.11. The maximum Gasteiger partial charge on any atom is 0.271 e. The summed E-state index contributed by atoms with van der Waals surface area (Å²) in [6.45, 7) is 1.64. The van der Waals surface area contributed by atoms with Gasteiger partial charge < -0.3 is 10.2 Å². The number of halogens is 2. The Kier molecular flexibility index (Phi) is 6.32. The molecule has 4 rings (SSSR count). The standard InChI is InChI=1S/C23H22ClFN4O2/c24-18-6-1-4-16(12-18)14-26-23(31)17-5-3-11-28(15-17)21-9-10-22(30)29(27-21)20-8-2-7-19(25)13-20/h1-2,4,6-10,12-13,17H,3,5,11,14-15H2,(H,26,31)/t17-/m1/s1. The fourth-order valence-corrected chi connectivity index (χ4v) is 3.96. The summed E-state index contributed by atoms with van der Waals surface area (Å²) in [5.74, 6) is -0.0744. The molecule has 1 aromatic heterocycles. The Morgan fingerprint density at radius 1 is 1.16 bits per heavy atom. The number of amides is 1. The Bertz CT molecular complexity index is 1150. The molecule has 0 spiro atoms. The Hall–Kier alpha value is -3.19. The number of hydrogen-bond donors (Lipinski definition) is 1. The first kappa shape index (κ1) is 21.1. The lowest BCUT2D eigenvalue weighted by Crippen LogP contribution is -2.43. The molecule has 2 aromatic carbocycles. The van der Waals surface area contributed by atoms with Crippen LogP contribution in [0.3, 0.4) is 0 Å². The number of aromatic nitrogens is 2. The van der Waals surface area contributed by atoms with Crippen molar-refractivity contribution < 1.29 is 9.18 Å². The molecule has 0 radical (unpaired) electrons. The van der Waals surface area contributed by atoms with E-state index >= 15 is 0 Å². The predicted octanol–water partition coefficient (Wildman–Crippen LogP) is 3.56. The van der Waals surface area contributed by atoms with Gasteiger partial charge in [-0.15, -0.1) is 5.10 Å². The fraction of sp³-hybridized carbons (Fsp3) is 0.261. The first-order chi connectivity index (χ1) is 15.0. The van der Waals surface area contributed by atoms with Crippen LogP contribution >= 0.6 is 11.6 Å². The summed E-state index contributed by atoms with van der Waals surface area (Å²) in [6, 6.07) is 16.2. The summed E-state index contributed by atoms with van der Waals surface area (Å²) in [5.41, 5.74) is 0.958. The summed E-state index contributed by atoms with van der Waals surface area (Å²) in [6.07, 6.45) is 1.61. The molecule has 0 bridgehead atoms. The van der Waals surface area contributed by atoms with Gasteiger partial charge in [0.1, 0.15) is 11.6 Å². The average Bonchev–Trinajstić information content (AvgIpc) is 2.78. The molecule has 3 aromatic rings. The van der Waals surface area contributed by atoms with Crippen LogP contribution in [0.4, 0.5) is 10.2 Å². The number of carbonyl (C=O) groups is 1. The van der Waals surface area contributed by atoms with Crippen molar-refractivity contribution in [2.45, 2.75) is 19.4 Å².